The van der Waals surface area contributed by atoms with Crippen LogP contribution < -0.4 is 9.61 Å². The highest BCUT2D eigenvalue weighted by Crippen LogP contribution is 2.45. The van der Waals surface area contributed by atoms with Crippen LogP contribution in [0.5, 0.6) is 23.0 Å². The van der Waals surface area contributed by atoms with E-state index in [0.29, 0.717) is 0 Å². The van der Waals surface area contributed by atoms with Crippen LogP contribution in [0.4, 0.5) is 0 Å². The van der Waals surface area contributed by atoms with E-state index in [4.69, 9.17) is 9.15 Å². The van der Waals surface area contributed by atoms with E-state index in [9.17, 15) is 53.5 Å². The SMILES string of the molecule is O=c1cc(-c2ccc(O)c(O)c2)oc2cc(OS(=O)(=O)O)c([C@@H]3OC(CO)[C@@H](O)[C@H](O)C3O)c(O)c12. The topological polar surface area (TPSA) is 245 Å². The van der Waals surface area contributed by atoms with E-state index in [2.05, 4.69) is 4.18 Å². The zero-order valence-electron chi connectivity index (χ0n) is 17.9. The van der Waals surface area contributed by atoms with Crippen molar-refractivity contribution in [1.29, 1.82) is 0 Å². The van der Waals surface area contributed by atoms with Crippen LogP contribution >= 0.6 is 0 Å². The maximum Gasteiger partial charge on any atom is 0.446 e. The van der Waals surface area contributed by atoms with Gasteiger partial charge in [-0.2, -0.15) is 8.42 Å². The van der Waals surface area contributed by atoms with Crippen molar-refractivity contribution in [3.8, 4) is 34.3 Å². The van der Waals surface area contributed by atoms with Gasteiger partial charge in [0.15, 0.2) is 22.7 Å². The van der Waals surface area contributed by atoms with Crippen LogP contribution in [0.25, 0.3) is 22.3 Å². The number of aliphatic hydroxyl groups is 4. The molecule has 4 rings (SSSR count). The van der Waals surface area contributed by atoms with E-state index in [-0.39, 0.29) is 11.3 Å². The molecule has 2 heterocycles. The normalized spacial score (nSPS) is 24.6. The molecular formula is C21H20O14S. The lowest BCUT2D eigenvalue weighted by atomic mass is 9.89. The number of aliphatic hydroxyl groups excluding tert-OH is 4. The van der Waals surface area contributed by atoms with Gasteiger partial charge in [0, 0.05) is 17.7 Å². The number of phenols is 3. The van der Waals surface area contributed by atoms with Gasteiger partial charge in [-0.1, -0.05) is 0 Å². The Morgan fingerprint density at radius 2 is 1.64 bits per heavy atom. The average molecular weight is 528 g/mol. The number of ether oxygens (including phenoxy) is 1. The Morgan fingerprint density at radius 1 is 0.944 bits per heavy atom. The molecule has 15 heteroatoms. The summed E-state index contributed by atoms with van der Waals surface area (Å²) in [5.41, 5.74) is -1.95. The quantitative estimate of drug-likeness (QED) is 0.150. The molecule has 0 saturated carbocycles. The summed E-state index contributed by atoms with van der Waals surface area (Å²) in [5.74, 6) is -3.05. The third kappa shape index (κ3) is 4.56. The van der Waals surface area contributed by atoms with Crippen LogP contribution in [0.2, 0.25) is 0 Å². The third-order valence-corrected chi connectivity index (χ3v) is 6.02. The monoisotopic (exact) mass is 528 g/mol. The standard InChI is InChI=1S/C21H20O14S/c22-6-14-17(26)19(28)20(29)21(34-14)16-13(35-36(30,31)32)5-12-15(18(16)27)10(25)4-11(33-12)7-1-2-8(23)9(24)3-7/h1-5,14,17,19-24,26-29H,6H2,(H,30,31,32)/t14?,17-,19+,20?,21+/m1/s1. The first-order chi connectivity index (χ1) is 16.8. The van der Waals surface area contributed by atoms with E-state index in [1.807, 2.05) is 0 Å². The molecule has 1 fully saturated rings. The molecule has 36 heavy (non-hydrogen) atoms. The van der Waals surface area contributed by atoms with Crippen LogP contribution in [0.15, 0.2) is 39.5 Å². The number of aromatic hydroxyl groups is 3. The molecule has 1 aliphatic heterocycles. The predicted molar refractivity (Wildman–Crippen MR) is 118 cm³/mol. The third-order valence-electron chi connectivity index (χ3n) is 5.63. The van der Waals surface area contributed by atoms with Crippen LogP contribution in [0.3, 0.4) is 0 Å². The molecule has 194 valence electrons. The van der Waals surface area contributed by atoms with Crippen molar-refractivity contribution in [2.24, 2.45) is 0 Å². The van der Waals surface area contributed by atoms with E-state index in [1.54, 1.807) is 0 Å². The molecule has 0 amide bonds. The summed E-state index contributed by atoms with van der Waals surface area (Å²) in [7, 11) is -5.26. The van der Waals surface area contributed by atoms with Gasteiger partial charge < -0.3 is 49.1 Å². The van der Waals surface area contributed by atoms with Gasteiger partial charge in [-0.25, -0.2) is 0 Å². The zero-order chi connectivity index (χ0) is 26.5. The van der Waals surface area contributed by atoms with Crippen molar-refractivity contribution in [2.45, 2.75) is 30.5 Å². The number of hydrogen-bond donors (Lipinski definition) is 8. The van der Waals surface area contributed by atoms with E-state index >= 15 is 0 Å². The summed E-state index contributed by atoms with van der Waals surface area (Å²) in [6, 6.07) is 5.16. The number of hydrogen-bond acceptors (Lipinski definition) is 13. The first kappa shape index (κ1) is 25.6. The molecule has 0 aliphatic carbocycles. The van der Waals surface area contributed by atoms with Gasteiger partial charge >= 0.3 is 10.4 Å². The Morgan fingerprint density at radius 3 is 2.25 bits per heavy atom. The van der Waals surface area contributed by atoms with Crippen LogP contribution in [0, 0.1) is 0 Å². The molecule has 0 bridgehead atoms. The Labute approximate surface area is 201 Å². The van der Waals surface area contributed by atoms with Gasteiger partial charge in [0.2, 0.25) is 0 Å². The molecule has 2 unspecified atom stereocenters. The molecule has 1 aliphatic rings. The minimum Gasteiger partial charge on any atom is -0.506 e. The molecular weight excluding hydrogens is 508 g/mol. The van der Waals surface area contributed by atoms with E-state index in [0.717, 1.165) is 24.3 Å². The highest BCUT2D eigenvalue weighted by Gasteiger charge is 2.46. The van der Waals surface area contributed by atoms with Crippen LogP contribution in [-0.2, 0) is 15.1 Å². The van der Waals surface area contributed by atoms with Gasteiger partial charge in [0.05, 0.1) is 12.2 Å². The number of benzene rings is 2. The summed E-state index contributed by atoms with van der Waals surface area (Å²) in [6.45, 7) is -0.852. The lowest BCUT2D eigenvalue weighted by Crippen LogP contribution is -2.55. The molecule has 5 atom stereocenters. The number of rotatable bonds is 5. The maximum atomic E-state index is 12.9. The van der Waals surface area contributed by atoms with Crippen LogP contribution in [-0.4, -0.2) is 79.7 Å². The van der Waals surface area contributed by atoms with Crippen molar-refractivity contribution in [3.63, 3.8) is 0 Å². The Kier molecular flexibility index (Phi) is 6.56. The van der Waals surface area contributed by atoms with Crippen LogP contribution in [0.1, 0.15) is 11.7 Å². The fourth-order valence-corrected chi connectivity index (χ4v) is 4.28. The lowest BCUT2D eigenvalue weighted by Gasteiger charge is -2.40. The van der Waals surface area contributed by atoms with Crippen molar-refractivity contribution < 1.29 is 62.1 Å². The second-order valence-electron chi connectivity index (χ2n) is 7.95. The predicted octanol–water partition coefficient (Wildman–Crippen LogP) is -0.727. The molecule has 0 spiro atoms. The van der Waals surface area contributed by atoms with Gasteiger partial charge in [0.25, 0.3) is 0 Å². The number of phenolic OH excluding ortho intramolecular Hbond substituents is 3. The first-order valence-electron chi connectivity index (χ1n) is 10.2. The minimum atomic E-state index is -5.26. The number of fused-ring (bicyclic) bond motifs is 1. The summed E-state index contributed by atoms with van der Waals surface area (Å²) < 4.78 is 47.7. The van der Waals surface area contributed by atoms with Crippen molar-refractivity contribution in [3.05, 3.63) is 46.1 Å². The molecule has 1 saturated heterocycles. The summed E-state index contributed by atoms with van der Waals surface area (Å²) >= 11 is 0. The van der Waals surface area contributed by atoms with E-state index < -0.39 is 92.5 Å². The van der Waals surface area contributed by atoms with Gasteiger partial charge in [-0.05, 0) is 18.2 Å². The van der Waals surface area contributed by atoms with Gasteiger partial charge in [-0.15, -0.1) is 0 Å². The van der Waals surface area contributed by atoms with Crippen molar-refractivity contribution >= 4 is 21.4 Å². The zero-order valence-corrected chi connectivity index (χ0v) is 18.7. The fraction of sp³-hybridized carbons (Fsp3) is 0.286. The summed E-state index contributed by atoms with van der Waals surface area (Å²) in [6.07, 6.45) is -9.06. The molecule has 3 aromatic rings. The maximum absolute atomic E-state index is 12.9. The summed E-state index contributed by atoms with van der Waals surface area (Å²) in [5, 5.41) is 69.7. The minimum absolute atomic E-state index is 0.110. The fourth-order valence-electron chi connectivity index (χ4n) is 3.91. The van der Waals surface area contributed by atoms with Gasteiger partial charge in [-0.3, -0.25) is 9.35 Å². The lowest BCUT2D eigenvalue weighted by molar-refractivity contribution is -0.232. The second-order valence-corrected chi connectivity index (χ2v) is 8.97. The first-order valence-corrected chi connectivity index (χ1v) is 11.5. The summed E-state index contributed by atoms with van der Waals surface area (Å²) in [4.78, 5) is 12.9. The Balaban J connectivity index is 1.97. The highest BCUT2D eigenvalue weighted by atomic mass is 32.3. The van der Waals surface area contributed by atoms with E-state index in [1.165, 1.54) is 6.07 Å². The Bertz CT molecular complexity index is 1480. The van der Waals surface area contributed by atoms with Crippen molar-refractivity contribution in [1.82, 2.24) is 0 Å². The molecule has 1 aromatic heterocycles. The molecule has 2 aromatic carbocycles. The Hall–Kier alpha value is -3.44. The van der Waals surface area contributed by atoms with Crippen molar-refractivity contribution in [2.75, 3.05) is 6.61 Å². The highest BCUT2D eigenvalue weighted by molar-refractivity contribution is 7.81. The molecule has 0 radical (unpaired) electrons. The molecule has 14 nitrogen and oxygen atoms in total. The second kappa shape index (κ2) is 9.21. The van der Waals surface area contributed by atoms with Gasteiger partial charge in [0.1, 0.15) is 53.0 Å². The largest absolute Gasteiger partial charge is 0.506 e. The average Bonchev–Trinajstić information content (AvgIpc) is 2.79. The molecule has 8 N–H and O–H groups in total. The smallest absolute Gasteiger partial charge is 0.446 e.